The zero-order valence-corrected chi connectivity index (χ0v) is 19.0. The van der Waals surface area contributed by atoms with E-state index >= 15 is 0 Å². The lowest BCUT2D eigenvalue weighted by Crippen LogP contribution is -2.38. The molecule has 1 heterocycles. The van der Waals surface area contributed by atoms with Gasteiger partial charge in [-0.15, -0.1) is 0 Å². The lowest BCUT2D eigenvalue weighted by Gasteiger charge is -2.27. The van der Waals surface area contributed by atoms with Crippen molar-refractivity contribution in [3.8, 4) is 5.75 Å². The smallest absolute Gasteiger partial charge is 0.146 e. The molecular weight excluding hydrogens is 419 g/mol. The van der Waals surface area contributed by atoms with Crippen LogP contribution >= 0.6 is 0 Å². The Kier molecular flexibility index (Phi) is 6.11. The van der Waals surface area contributed by atoms with Gasteiger partial charge in [-0.1, -0.05) is 0 Å². The summed E-state index contributed by atoms with van der Waals surface area (Å²) in [5, 5.41) is 14.1. The maximum absolute atomic E-state index is 13.9. The van der Waals surface area contributed by atoms with Crippen molar-refractivity contribution in [3.63, 3.8) is 0 Å². The first-order valence-corrected chi connectivity index (χ1v) is 11.8. The molecule has 0 fully saturated rings. The molecule has 166 valence electrons. The number of aryl methyl sites for hydroxylation is 1. The van der Waals surface area contributed by atoms with E-state index in [1.165, 1.54) is 24.7 Å². The molecule has 9 heteroatoms. The van der Waals surface area contributed by atoms with Gasteiger partial charge >= 0.3 is 0 Å². The van der Waals surface area contributed by atoms with E-state index in [1.807, 2.05) is 13.0 Å². The largest absolute Gasteiger partial charge is 0.485 e. The van der Waals surface area contributed by atoms with Crippen LogP contribution in [0.4, 0.5) is 21.6 Å². The third-order valence-corrected chi connectivity index (χ3v) is 5.43. The average molecular weight is 447 g/mol. The van der Waals surface area contributed by atoms with E-state index in [-0.39, 0.29) is 5.75 Å². The number of nitrogens with zero attached hydrogens (tertiary/aromatic N) is 2. The van der Waals surface area contributed by atoms with Gasteiger partial charge in [0.2, 0.25) is 0 Å². The van der Waals surface area contributed by atoms with Gasteiger partial charge in [-0.25, -0.2) is 18.6 Å². The number of fused-ring (bicyclic) bond motifs is 1. The number of aromatic nitrogens is 2. The second-order valence-electron chi connectivity index (χ2n) is 8.20. The molecule has 3 aromatic rings. The molecule has 0 radical (unpaired) electrons. The zero-order chi connectivity index (χ0) is 23.0. The molecule has 0 saturated carbocycles. The highest BCUT2D eigenvalue weighted by Gasteiger charge is 2.25. The van der Waals surface area contributed by atoms with Crippen LogP contribution in [0.15, 0.2) is 36.7 Å². The summed E-state index contributed by atoms with van der Waals surface area (Å²) in [6.45, 7) is 6.84. The van der Waals surface area contributed by atoms with Gasteiger partial charge < -0.3 is 19.9 Å². The minimum absolute atomic E-state index is 0.250. The molecule has 0 aliphatic rings. The third kappa shape index (κ3) is 5.62. The summed E-state index contributed by atoms with van der Waals surface area (Å²) < 4.78 is 34.6. The number of halogens is 1. The number of hydrogen-bond donors (Lipinski definition) is 3. The SMILES string of the molecule is C=S(C)(=O)Nc1cc(C)c2c(Nc3ccc(F)cc3OC(C)C(C)(C)O)ncnc2c1. The summed E-state index contributed by atoms with van der Waals surface area (Å²) in [7, 11) is -2.44. The van der Waals surface area contributed by atoms with Crippen molar-refractivity contribution in [3.05, 3.63) is 48.0 Å². The lowest BCUT2D eigenvalue weighted by atomic mass is 10.0. The summed E-state index contributed by atoms with van der Waals surface area (Å²) in [6.07, 6.45) is 2.34. The van der Waals surface area contributed by atoms with E-state index in [2.05, 4.69) is 25.9 Å². The number of aliphatic hydroxyl groups is 1. The Morgan fingerprint density at radius 2 is 1.97 bits per heavy atom. The van der Waals surface area contributed by atoms with Gasteiger partial charge in [0, 0.05) is 33.1 Å². The van der Waals surface area contributed by atoms with Gasteiger partial charge in [0.15, 0.2) is 0 Å². The van der Waals surface area contributed by atoms with Gasteiger partial charge in [0.05, 0.1) is 16.8 Å². The van der Waals surface area contributed by atoms with Crippen LogP contribution in [0, 0.1) is 12.7 Å². The fourth-order valence-electron chi connectivity index (χ4n) is 2.95. The van der Waals surface area contributed by atoms with Crippen LogP contribution in [0.2, 0.25) is 0 Å². The van der Waals surface area contributed by atoms with Gasteiger partial charge in [-0.2, -0.15) is 0 Å². The van der Waals surface area contributed by atoms with Gasteiger partial charge in [-0.05, 0) is 63.4 Å². The molecule has 0 aliphatic carbocycles. The molecule has 2 aromatic carbocycles. The molecule has 0 amide bonds. The Morgan fingerprint density at radius 3 is 2.61 bits per heavy atom. The summed E-state index contributed by atoms with van der Waals surface area (Å²) in [5.41, 5.74) is 1.51. The highest BCUT2D eigenvalue weighted by molar-refractivity contribution is 8.00. The molecule has 7 nitrogen and oxygen atoms in total. The molecule has 3 N–H and O–H groups in total. The predicted molar refractivity (Wildman–Crippen MR) is 125 cm³/mol. The molecule has 3 rings (SSSR count). The van der Waals surface area contributed by atoms with E-state index in [0.29, 0.717) is 22.7 Å². The van der Waals surface area contributed by atoms with Crippen molar-refractivity contribution in [2.75, 3.05) is 16.3 Å². The first-order chi connectivity index (χ1) is 14.3. The first kappa shape index (κ1) is 22.8. The van der Waals surface area contributed by atoms with Crippen molar-refractivity contribution >= 4 is 43.7 Å². The number of anilines is 3. The van der Waals surface area contributed by atoms with E-state index in [4.69, 9.17) is 4.74 Å². The normalized spacial score (nSPS) is 14.7. The highest BCUT2D eigenvalue weighted by atomic mass is 32.2. The monoisotopic (exact) mass is 446 g/mol. The Balaban J connectivity index is 2.02. The number of nitrogens with one attached hydrogen (secondary N) is 2. The molecular formula is C22H27FN4O3S. The van der Waals surface area contributed by atoms with Gasteiger partial charge in [-0.3, -0.25) is 0 Å². The third-order valence-electron chi connectivity index (χ3n) is 4.76. The van der Waals surface area contributed by atoms with Crippen LogP contribution in [-0.4, -0.2) is 43.1 Å². The fourth-order valence-corrected chi connectivity index (χ4v) is 3.57. The molecule has 2 unspecified atom stereocenters. The second-order valence-corrected chi connectivity index (χ2v) is 10.4. The standard InChI is InChI=1S/C22H27FN4O3S/c1-13-9-16(27-31(5,6)29)11-18-20(13)21(25-12-24-18)26-17-8-7-15(23)10-19(17)30-14(2)22(3,4)28/h7-12,14,28H,5H2,1-4,6H3,(H,27,29)(H,24,25,26). The number of hydrogen-bond acceptors (Lipinski definition) is 6. The Morgan fingerprint density at radius 1 is 1.26 bits per heavy atom. The molecule has 0 spiro atoms. The molecule has 31 heavy (non-hydrogen) atoms. The van der Waals surface area contributed by atoms with Crippen LogP contribution in [-0.2, 0) is 9.71 Å². The predicted octanol–water partition coefficient (Wildman–Crippen LogP) is 4.03. The molecule has 0 aliphatic heterocycles. The van der Waals surface area contributed by atoms with Crippen LogP contribution in [0.5, 0.6) is 5.75 Å². The number of rotatable bonds is 7. The van der Waals surface area contributed by atoms with E-state index < -0.39 is 27.2 Å². The summed E-state index contributed by atoms with van der Waals surface area (Å²) in [6, 6.07) is 7.73. The minimum atomic E-state index is -2.44. The Bertz CT molecular complexity index is 1220. The quantitative estimate of drug-likeness (QED) is 0.474. The minimum Gasteiger partial charge on any atom is -0.485 e. The zero-order valence-electron chi connectivity index (χ0n) is 18.2. The van der Waals surface area contributed by atoms with Crippen LogP contribution in [0.1, 0.15) is 26.3 Å². The maximum atomic E-state index is 13.9. The topological polar surface area (TPSA) is 96.4 Å². The van der Waals surface area contributed by atoms with E-state index in [0.717, 1.165) is 10.9 Å². The van der Waals surface area contributed by atoms with Crippen molar-refractivity contribution in [2.24, 2.45) is 0 Å². The van der Waals surface area contributed by atoms with Crippen LogP contribution < -0.4 is 14.8 Å². The van der Waals surface area contributed by atoms with Crippen LogP contribution in [0.3, 0.4) is 0 Å². The Hall–Kier alpha value is -2.91. The van der Waals surface area contributed by atoms with Gasteiger partial charge in [0.1, 0.15) is 29.8 Å². The van der Waals surface area contributed by atoms with Crippen molar-refractivity contribution in [1.29, 1.82) is 0 Å². The van der Waals surface area contributed by atoms with E-state index in [1.54, 1.807) is 32.9 Å². The molecule has 0 bridgehead atoms. The van der Waals surface area contributed by atoms with Crippen molar-refractivity contribution in [2.45, 2.75) is 39.4 Å². The maximum Gasteiger partial charge on any atom is 0.146 e. The molecule has 0 saturated heterocycles. The first-order valence-electron chi connectivity index (χ1n) is 9.64. The van der Waals surface area contributed by atoms with E-state index in [9.17, 15) is 13.7 Å². The highest BCUT2D eigenvalue weighted by Crippen LogP contribution is 2.34. The van der Waals surface area contributed by atoms with Crippen LogP contribution in [0.25, 0.3) is 10.9 Å². The van der Waals surface area contributed by atoms with Crippen molar-refractivity contribution in [1.82, 2.24) is 9.97 Å². The fraction of sp³-hybridized carbons (Fsp3) is 0.318. The van der Waals surface area contributed by atoms with Crippen molar-refractivity contribution < 1.29 is 18.4 Å². The average Bonchev–Trinajstić information content (AvgIpc) is 2.61. The second kappa shape index (κ2) is 8.32. The lowest BCUT2D eigenvalue weighted by molar-refractivity contribution is -0.0239. The number of benzene rings is 2. The van der Waals surface area contributed by atoms with Gasteiger partial charge in [0.25, 0.3) is 0 Å². The summed E-state index contributed by atoms with van der Waals surface area (Å²) >= 11 is 0. The molecule has 2 atom stereocenters. The summed E-state index contributed by atoms with van der Waals surface area (Å²) in [4.78, 5) is 8.67. The summed E-state index contributed by atoms with van der Waals surface area (Å²) in [5.74, 6) is 3.91. The number of ether oxygens (including phenoxy) is 1. The molecule has 1 aromatic heterocycles. The Labute approximate surface area is 181 Å².